The van der Waals surface area contributed by atoms with Crippen molar-refractivity contribution in [3.05, 3.63) is 35.6 Å². The maximum atomic E-state index is 13.0. The zero-order chi connectivity index (χ0) is 16.8. The van der Waals surface area contributed by atoms with Crippen LogP contribution >= 0.6 is 0 Å². The summed E-state index contributed by atoms with van der Waals surface area (Å²) in [7, 11) is 0. The molecule has 2 N–H and O–H groups in total. The number of aliphatic hydroxyl groups excluding tert-OH is 1. The third kappa shape index (κ3) is 5.59. The quantitative estimate of drug-likeness (QED) is 0.810. The molecule has 3 unspecified atom stereocenters. The van der Waals surface area contributed by atoms with Crippen LogP contribution < -0.4 is 5.32 Å². The molecular weight excluding hydrogens is 295 g/mol. The minimum absolute atomic E-state index is 0.0575. The number of likely N-dealkylation sites (tertiary alicyclic amines) is 1. The van der Waals surface area contributed by atoms with Crippen LogP contribution in [0.4, 0.5) is 4.39 Å². The maximum absolute atomic E-state index is 13.0. The number of carbonyl (C=O) groups is 1. The van der Waals surface area contributed by atoms with E-state index in [1.165, 1.54) is 12.1 Å². The molecule has 5 heteroatoms. The largest absolute Gasteiger partial charge is 0.393 e. The highest BCUT2D eigenvalue weighted by molar-refractivity contribution is 5.82. The second-order valence-corrected chi connectivity index (χ2v) is 6.69. The normalized spacial score (nSPS) is 21.1. The number of benzene rings is 1. The second kappa shape index (κ2) is 8.41. The van der Waals surface area contributed by atoms with Crippen LogP contribution in [0.1, 0.15) is 38.7 Å². The fourth-order valence-corrected chi connectivity index (χ4v) is 3.19. The van der Waals surface area contributed by atoms with Crippen molar-refractivity contribution in [1.82, 2.24) is 10.2 Å². The molecule has 1 amide bonds. The molecule has 3 atom stereocenters. The Kier molecular flexibility index (Phi) is 6.54. The number of hydrogen-bond acceptors (Lipinski definition) is 3. The van der Waals surface area contributed by atoms with E-state index in [0.29, 0.717) is 19.5 Å². The molecule has 0 bridgehead atoms. The van der Waals surface area contributed by atoms with Crippen molar-refractivity contribution in [2.45, 2.75) is 51.8 Å². The Morgan fingerprint density at radius 2 is 2.09 bits per heavy atom. The van der Waals surface area contributed by atoms with Crippen molar-refractivity contribution in [3.63, 3.8) is 0 Å². The highest BCUT2D eigenvalue weighted by atomic mass is 19.1. The Balaban J connectivity index is 1.85. The van der Waals surface area contributed by atoms with Gasteiger partial charge in [0.1, 0.15) is 5.82 Å². The molecule has 1 aromatic carbocycles. The molecule has 0 spiro atoms. The third-order valence-corrected chi connectivity index (χ3v) is 4.33. The lowest BCUT2D eigenvalue weighted by atomic mass is 10.0. The minimum Gasteiger partial charge on any atom is -0.393 e. The maximum Gasteiger partial charge on any atom is 0.237 e. The van der Waals surface area contributed by atoms with E-state index in [4.69, 9.17) is 0 Å². The molecule has 1 saturated heterocycles. The molecule has 4 nitrogen and oxygen atoms in total. The van der Waals surface area contributed by atoms with Gasteiger partial charge in [-0.3, -0.25) is 9.69 Å². The summed E-state index contributed by atoms with van der Waals surface area (Å²) in [5.74, 6) is 0.0736. The number of carbonyl (C=O) groups excluding carboxylic acids is 1. The monoisotopic (exact) mass is 322 g/mol. The Morgan fingerprint density at radius 1 is 1.39 bits per heavy atom. The number of nitrogens with zero attached hydrogens (tertiary/aromatic N) is 1. The first kappa shape index (κ1) is 17.9. The summed E-state index contributed by atoms with van der Waals surface area (Å²) in [5.41, 5.74) is 1.02. The van der Waals surface area contributed by atoms with Crippen molar-refractivity contribution >= 4 is 5.91 Å². The summed E-state index contributed by atoms with van der Waals surface area (Å²) in [4.78, 5) is 14.6. The van der Waals surface area contributed by atoms with E-state index in [1.807, 2.05) is 6.92 Å². The van der Waals surface area contributed by atoms with Crippen molar-refractivity contribution in [3.8, 4) is 0 Å². The predicted octanol–water partition coefficient (Wildman–Crippen LogP) is 2.31. The molecule has 1 aliphatic rings. The van der Waals surface area contributed by atoms with Crippen LogP contribution in [-0.2, 0) is 11.3 Å². The van der Waals surface area contributed by atoms with Gasteiger partial charge in [-0.2, -0.15) is 0 Å². The van der Waals surface area contributed by atoms with Gasteiger partial charge in [0.15, 0.2) is 0 Å². The third-order valence-electron chi connectivity index (χ3n) is 4.33. The number of amides is 1. The highest BCUT2D eigenvalue weighted by Gasteiger charge is 2.30. The highest BCUT2D eigenvalue weighted by Crippen LogP contribution is 2.20. The molecule has 23 heavy (non-hydrogen) atoms. The van der Waals surface area contributed by atoms with Crippen LogP contribution in [0.5, 0.6) is 0 Å². The van der Waals surface area contributed by atoms with Gasteiger partial charge >= 0.3 is 0 Å². The lowest BCUT2D eigenvalue weighted by molar-refractivity contribution is -0.125. The fourth-order valence-electron chi connectivity index (χ4n) is 3.19. The van der Waals surface area contributed by atoms with Gasteiger partial charge < -0.3 is 10.4 Å². The molecule has 1 heterocycles. The van der Waals surface area contributed by atoms with Gasteiger partial charge in [-0.1, -0.05) is 19.1 Å². The van der Waals surface area contributed by atoms with Crippen LogP contribution in [-0.4, -0.2) is 41.1 Å². The van der Waals surface area contributed by atoms with Gasteiger partial charge in [0.25, 0.3) is 0 Å². The molecule has 1 fully saturated rings. The average Bonchev–Trinajstić information content (AvgIpc) is 2.95. The van der Waals surface area contributed by atoms with Crippen molar-refractivity contribution in [2.24, 2.45) is 5.92 Å². The summed E-state index contributed by atoms with van der Waals surface area (Å²) in [5, 5.41) is 12.4. The van der Waals surface area contributed by atoms with E-state index in [-0.39, 0.29) is 29.8 Å². The van der Waals surface area contributed by atoms with Gasteiger partial charge in [-0.05, 0) is 56.3 Å². The number of rotatable bonds is 7. The van der Waals surface area contributed by atoms with Crippen LogP contribution in [0.3, 0.4) is 0 Å². The number of halogens is 1. The fraction of sp³-hybridized carbons (Fsp3) is 0.611. The first-order chi connectivity index (χ1) is 11.0. The van der Waals surface area contributed by atoms with Crippen molar-refractivity contribution < 1.29 is 14.3 Å². The summed E-state index contributed by atoms with van der Waals surface area (Å²) in [6.45, 7) is 5.93. The number of nitrogens with one attached hydrogen (secondary N) is 1. The first-order valence-electron chi connectivity index (χ1n) is 8.40. The molecule has 1 aromatic rings. The molecule has 0 aliphatic carbocycles. The lowest BCUT2D eigenvalue weighted by Gasteiger charge is -2.24. The Labute approximate surface area is 137 Å². The number of aliphatic hydroxyl groups is 1. The smallest absolute Gasteiger partial charge is 0.237 e. The van der Waals surface area contributed by atoms with Gasteiger partial charge in [-0.25, -0.2) is 4.39 Å². The van der Waals surface area contributed by atoms with E-state index >= 15 is 0 Å². The van der Waals surface area contributed by atoms with Crippen LogP contribution in [0, 0.1) is 11.7 Å². The molecule has 128 valence electrons. The molecule has 0 aromatic heterocycles. The summed E-state index contributed by atoms with van der Waals surface area (Å²) in [6.07, 6.45) is 2.20. The van der Waals surface area contributed by atoms with E-state index in [9.17, 15) is 14.3 Å². The zero-order valence-corrected chi connectivity index (χ0v) is 14.0. The van der Waals surface area contributed by atoms with E-state index in [2.05, 4.69) is 10.2 Å². The van der Waals surface area contributed by atoms with Gasteiger partial charge in [0.05, 0.1) is 12.1 Å². The summed E-state index contributed by atoms with van der Waals surface area (Å²) >= 11 is 0. The molecular formula is C18H27FN2O2. The van der Waals surface area contributed by atoms with E-state index < -0.39 is 0 Å². The molecule has 0 radical (unpaired) electrons. The summed E-state index contributed by atoms with van der Waals surface area (Å²) < 4.78 is 13.0. The van der Waals surface area contributed by atoms with Crippen molar-refractivity contribution in [1.29, 1.82) is 0 Å². The van der Waals surface area contributed by atoms with E-state index in [1.54, 1.807) is 19.1 Å². The summed E-state index contributed by atoms with van der Waals surface area (Å²) in [6, 6.07) is 6.34. The standard InChI is InChI=1S/C18H27FN2O2/c1-13(10-14(2)22)11-20-18(23)17-4-3-9-21(17)12-15-5-7-16(19)8-6-15/h5-8,13-14,17,22H,3-4,9-12H2,1-2H3,(H,20,23). The van der Waals surface area contributed by atoms with E-state index in [0.717, 1.165) is 24.9 Å². The molecule has 0 saturated carbocycles. The first-order valence-corrected chi connectivity index (χ1v) is 8.40. The van der Waals surface area contributed by atoms with Gasteiger partial charge in [0, 0.05) is 13.1 Å². The lowest BCUT2D eigenvalue weighted by Crippen LogP contribution is -2.44. The molecule has 1 aliphatic heterocycles. The molecule has 2 rings (SSSR count). The SMILES string of the molecule is CC(O)CC(C)CNC(=O)C1CCCN1Cc1ccc(F)cc1. The Hall–Kier alpha value is -1.46. The second-order valence-electron chi connectivity index (χ2n) is 6.69. The zero-order valence-electron chi connectivity index (χ0n) is 14.0. The number of hydrogen-bond donors (Lipinski definition) is 2. The average molecular weight is 322 g/mol. The predicted molar refractivity (Wildman–Crippen MR) is 88.3 cm³/mol. The van der Waals surface area contributed by atoms with Crippen molar-refractivity contribution in [2.75, 3.05) is 13.1 Å². The van der Waals surface area contributed by atoms with Gasteiger partial charge in [0.2, 0.25) is 5.91 Å². The Morgan fingerprint density at radius 3 is 2.74 bits per heavy atom. The van der Waals surface area contributed by atoms with Crippen LogP contribution in [0.25, 0.3) is 0 Å². The van der Waals surface area contributed by atoms with Gasteiger partial charge in [-0.15, -0.1) is 0 Å². The Bertz CT molecular complexity index is 504. The minimum atomic E-state index is -0.344. The topological polar surface area (TPSA) is 52.6 Å². The van der Waals surface area contributed by atoms with Crippen LogP contribution in [0.15, 0.2) is 24.3 Å². The van der Waals surface area contributed by atoms with Crippen LogP contribution in [0.2, 0.25) is 0 Å².